The zero-order valence-corrected chi connectivity index (χ0v) is 15.2. The van der Waals surface area contributed by atoms with Crippen molar-refractivity contribution in [1.29, 1.82) is 0 Å². The van der Waals surface area contributed by atoms with Gasteiger partial charge in [0.1, 0.15) is 5.56 Å². The highest BCUT2D eigenvalue weighted by atomic mass is 19.4. The van der Waals surface area contributed by atoms with Crippen molar-refractivity contribution in [3.05, 3.63) is 29.7 Å². The molecular weight excluding hydrogens is 363 g/mol. The summed E-state index contributed by atoms with van der Waals surface area (Å²) in [6, 6.07) is 0. The number of aromatic nitrogens is 3. The number of hydrogen-bond acceptors (Lipinski definition) is 5. The van der Waals surface area contributed by atoms with Crippen molar-refractivity contribution in [3.63, 3.8) is 0 Å². The van der Waals surface area contributed by atoms with Gasteiger partial charge in [0, 0.05) is 31.0 Å². The van der Waals surface area contributed by atoms with E-state index in [1.165, 1.54) is 10.7 Å². The Balaban J connectivity index is 1.79. The van der Waals surface area contributed by atoms with Crippen molar-refractivity contribution in [3.8, 4) is 0 Å². The van der Waals surface area contributed by atoms with Gasteiger partial charge in [-0.05, 0) is 13.1 Å². The van der Waals surface area contributed by atoms with Crippen LogP contribution in [-0.4, -0.2) is 75.4 Å². The maximum Gasteiger partial charge on any atom is 0.416 e. The molecule has 3 rings (SSSR count). The Morgan fingerprint density at radius 2 is 2.07 bits per heavy atom. The number of carbonyl (C=O) groups excluding carboxylic acids is 1. The summed E-state index contributed by atoms with van der Waals surface area (Å²) >= 11 is 0. The van der Waals surface area contributed by atoms with E-state index < -0.39 is 24.7 Å². The van der Waals surface area contributed by atoms with Gasteiger partial charge in [0.15, 0.2) is 11.8 Å². The smallest absolute Gasteiger partial charge is 0.365 e. The minimum Gasteiger partial charge on any atom is -0.365 e. The molecule has 0 N–H and O–H groups in total. The predicted molar refractivity (Wildman–Crippen MR) is 91.3 cm³/mol. The fraction of sp³-hybridized carbons (Fsp3) is 0.588. The fourth-order valence-corrected chi connectivity index (χ4v) is 3.05. The minimum atomic E-state index is -4.50. The van der Waals surface area contributed by atoms with Gasteiger partial charge in [-0.15, -0.1) is 0 Å². The number of ether oxygens (including phenoxy) is 1. The van der Waals surface area contributed by atoms with Crippen LogP contribution in [0.4, 0.5) is 13.2 Å². The lowest BCUT2D eigenvalue weighted by Crippen LogP contribution is -2.51. The highest BCUT2D eigenvalue weighted by molar-refractivity contribution is 5.99. The molecule has 0 unspecified atom stereocenters. The normalized spacial score (nSPS) is 18.4. The number of fused-ring (bicyclic) bond motifs is 1. The molecule has 3 heterocycles. The largest absolute Gasteiger partial charge is 0.416 e. The molecule has 0 aromatic carbocycles. The van der Waals surface area contributed by atoms with Crippen molar-refractivity contribution in [2.45, 2.75) is 32.7 Å². The van der Waals surface area contributed by atoms with Crippen LogP contribution in [0.2, 0.25) is 0 Å². The molecule has 1 aliphatic heterocycles. The third kappa shape index (κ3) is 4.22. The van der Waals surface area contributed by atoms with Crippen LogP contribution >= 0.6 is 0 Å². The van der Waals surface area contributed by atoms with Crippen LogP contribution in [0.15, 0.2) is 18.6 Å². The molecule has 0 radical (unpaired) electrons. The third-order valence-corrected chi connectivity index (χ3v) is 4.66. The second-order valence-electron chi connectivity index (χ2n) is 6.40. The van der Waals surface area contributed by atoms with Gasteiger partial charge in [-0.1, -0.05) is 13.8 Å². The van der Waals surface area contributed by atoms with E-state index in [1.807, 2.05) is 0 Å². The Hall–Kier alpha value is -2.20. The second-order valence-corrected chi connectivity index (χ2v) is 6.40. The summed E-state index contributed by atoms with van der Waals surface area (Å²) in [5.41, 5.74) is 1.46. The summed E-state index contributed by atoms with van der Waals surface area (Å²) in [5.74, 6) is -0.522. The van der Waals surface area contributed by atoms with E-state index in [2.05, 4.69) is 28.8 Å². The molecule has 0 saturated carbocycles. The standard InChI is InChI=1S/C17H22F3N5O2/c1-3-23(4-2)9-12-7-21-15-13(8-22-25(15)10-12)16(26)24-5-6-27-14(11-24)17(18,19)20/h7-8,10,14H,3-6,9,11H2,1-2H3/t14-/m0/s1. The summed E-state index contributed by atoms with van der Waals surface area (Å²) in [7, 11) is 0. The maximum atomic E-state index is 12.9. The number of halogens is 3. The van der Waals surface area contributed by atoms with Gasteiger partial charge in [-0.3, -0.25) is 9.69 Å². The molecule has 0 spiro atoms. The molecule has 1 amide bonds. The lowest BCUT2D eigenvalue weighted by atomic mass is 10.2. The minimum absolute atomic E-state index is 0.1000. The molecule has 7 nitrogen and oxygen atoms in total. The Labute approximate surface area is 154 Å². The Morgan fingerprint density at radius 1 is 1.33 bits per heavy atom. The SMILES string of the molecule is CCN(CC)Cc1cnc2c(C(=O)N3CCO[C@H](C(F)(F)F)C3)cnn2c1. The van der Waals surface area contributed by atoms with Crippen molar-refractivity contribution in [2.24, 2.45) is 0 Å². The molecule has 1 saturated heterocycles. The monoisotopic (exact) mass is 385 g/mol. The summed E-state index contributed by atoms with van der Waals surface area (Å²) in [6.45, 7) is 6.05. The number of morpholine rings is 1. The topological polar surface area (TPSA) is 63.0 Å². The third-order valence-electron chi connectivity index (χ3n) is 4.66. The van der Waals surface area contributed by atoms with Crippen molar-refractivity contribution < 1.29 is 22.7 Å². The van der Waals surface area contributed by atoms with Crippen LogP contribution in [0.1, 0.15) is 29.8 Å². The van der Waals surface area contributed by atoms with Crippen LogP contribution in [0.5, 0.6) is 0 Å². The molecule has 2 aromatic rings. The quantitative estimate of drug-likeness (QED) is 0.788. The number of alkyl halides is 3. The number of nitrogens with zero attached hydrogens (tertiary/aromatic N) is 5. The first-order chi connectivity index (χ1) is 12.8. The Morgan fingerprint density at radius 3 is 2.74 bits per heavy atom. The van der Waals surface area contributed by atoms with Crippen molar-refractivity contribution >= 4 is 11.6 Å². The van der Waals surface area contributed by atoms with E-state index >= 15 is 0 Å². The Bertz CT molecular complexity index is 803. The average Bonchev–Trinajstić information content (AvgIpc) is 3.08. The van der Waals surface area contributed by atoms with E-state index in [1.54, 1.807) is 12.4 Å². The number of rotatable bonds is 5. The van der Waals surface area contributed by atoms with Crippen LogP contribution in [0, 0.1) is 0 Å². The highest BCUT2D eigenvalue weighted by Crippen LogP contribution is 2.26. The van der Waals surface area contributed by atoms with Crippen LogP contribution in [-0.2, 0) is 11.3 Å². The molecule has 1 atom stereocenters. The van der Waals surface area contributed by atoms with Crippen molar-refractivity contribution in [1.82, 2.24) is 24.4 Å². The number of amides is 1. The highest BCUT2D eigenvalue weighted by Gasteiger charge is 2.44. The lowest BCUT2D eigenvalue weighted by Gasteiger charge is -2.33. The molecular formula is C17H22F3N5O2. The first-order valence-corrected chi connectivity index (χ1v) is 8.85. The van der Waals surface area contributed by atoms with E-state index in [-0.39, 0.29) is 18.7 Å². The summed E-state index contributed by atoms with van der Waals surface area (Å²) in [6.07, 6.45) is -1.66. The van der Waals surface area contributed by atoms with E-state index in [4.69, 9.17) is 4.74 Å². The fourth-order valence-electron chi connectivity index (χ4n) is 3.05. The molecule has 1 fully saturated rings. The average molecular weight is 385 g/mol. The van der Waals surface area contributed by atoms with Gasteiger partial charge >= 0.3 is 6.18 Å². The van der Waals surface area contributed by atoms with E-state index in [0.29, 0.717) is 12.2 Å². The molecule has 148 valence electrons. The van der Waals surface area contributed by atoms with Gasteiger partial charge in [-0.2, -0.15) is 18.3 Å². The maximum absolute atomic E-state index is 12.9. The molecule has 27 heavy (non-hydrogen) atoms. The number of carbonyl (C=O) groups is 1. The van der Waals surface area contributed by atoms with E-state index in [9.17, 15) is 18.0 Å². The summed E-state index contributed by atoms with van der Waals surface area (Å²) in [4.78, 5) is 20.4. The van der Waals surface area contributed by atoms with Gasteiger partial charge in [0.05, 0.1) is 19.3 Å². The Kier molecular flexibility index (Phi) is 5.66. The van der Waals surface area contributed by atoms with E-state index in [0.717, 1.165) is 23.6 Å². The van der Waals surface area contributed by atoms with Gasteiger partial charge in [0.2, 0.25) is 0 Å². The van der Waals surface area contributed by atoms with Crippen LogP contribution in [0.25, 0.3) is 5.65 Å². The van der Waals surface area contributed by atoms with Crippen LogP contribution < -0.4 is 0 Å². The lowest BCUT2D eigenvalue weighted by molar-refractivity contribution is -0.233. The van der Waals surface area contributed by atoms with Gasteiger partial charge < -0.3 is 9.64 Å². The summed E-state index contributed by atoms with van der Waals surface area (Å²) < 4.78 is 44.9. The zero-order valence-electron chi connectivity index (χ0n) is 15.2. The van der Waals surface area contributed by atoms with Gasteiger partial charge in [-0.25, -0.2) is 9.50 Å². The molecule has 1 aliphatic rings. The second kappa shape index (κ2) is 7.81. The molecule has 0 bridgehead atoms. The molecule has 0 aliphatic carbocycles. The zero-order chi connectivity index (χ0) is 19.6. The van der Waals surface area contributed by atoms with Crippen molar-refractivity contribution in [2.75, 3.05) is 32.8 Å². The number of hydrogen-bond donors (Lipinski definition) is 0. The van der Waals surface area contributed by atoms with Gasteiger partial charge in [0.25, 0.3) is 5.91 Å². The van der Waals surface area contributed by atoms with Crippen LogP contribution in [0.3, 0.4) is 0 Å². The molecule has 2 aromatic heterocycles. The predicted octanol–water partition coefficient (Wildman–Crippen LogP) is 1.97. The first kappa shape index (κ1) is 19.6. The molecule has 10 heteroatoms. The first-order valence-electron chi connectivity index (χ1n) is 8.85. The summed E-state index contributed by atoms with van der Waals surface area (Å²) in [5, 5.41) is 4.16.